The number of hydrogen-bond acceptors (Lipinski definition) is 3. The van der Waals surface area contributed by atoms with E-state index in [4.69, 9.17) is 0 Å². The first-order valence-electron chi connectivity index (χ1n) is 6.74. The van der Waals surface area contributed by atoms with Gasteiger partial charge in [0, 0.05) is 6.54 Å². The minimum atomic E-state index is -0.148. The summed E-state index contributed by atoms with van der Waals surface area (Å²) >= 11 is 0. The van der Waals surface area contributed by atoms with Gasteiger partial charge in [0.25, 0.3) is 5.91 Å². The molecule has 0 unspecified atom stereocenters. The number of fused-ring (bicyclic) bond motifs is 1. The molecule has 0 aliphatic carbocycles. The zero-order chi connectivity index (χ0) is 13.7. The number of amides is 1. The normalized spacial score (nSPS) is 10.9. The Balaban J connectivity index is 2.09. The van der Waals surface area contributed by atoms with Gasteiger partial charge in [-0.25, -0.2) is 4.98 Å². The summed E-state index contributed by atoms with van der Waals surface area (Å²) in [6, 6.07) is 7.54. The first kappa shape index (κ1) is 13.5. The summed E-state index contributed by atoms with van der Waals surface area (Å²) < 4.78 is 0. The lowest BCUT2D eigenvalue weighted by atomic mass is 10.0. The number of carbonyl (C=O) groups excluding carboxylic acids is 1. The van der Waals surface area contributed by atoms with Crippen molar-refractivity contribution in [3.63, 3.8) is 0 Å². The Morgan fingerprint density at radius 2 is 1.89 bits per heavy atom. The van der Waals surface area contributed by atoms with Crippen LogP contribution in [0.2, 0.25) is 0 Å². The van der Waals surface area contributed by atoms with Crippen molar-refractivity contribution in [2.75, 3.05) is 6.54 Å². The molecule has 1 N–H and O–H groups in total. The molecule has 2 rings (SSSR count). The Hall–Kier alpha value is -1.97. The molecule has 0 saturated carbocycles. The number of carbonyl (C=O) groups is 1. The zero-order valence-electron chi connectivity index (χ0n) is 11.4. The van der Waals surface area contributed by atoms with Crippen LogP contribution in [0.15, 0.2) is 30.5 Å². The molecule has 1 heterocycles. The third kappa shape index (κ3) is 3.28. The lowest BCUT2D eigenvalue weighted by molar-refractivity contribution is 0.0941. The van der Waals surface area contributed by atoms with Crippen LogP contribution in [0.5, 0.6) is 0 Å². The van der Waals surface area contributed by atoms with Gasteiger partial charge in [-0.1, -0.05) is 38.8 Å². The van der Waals surface area contributed by atoms with Gasteiger partial charge in [0.2, 0.25) is 0 Å². The summed E-state index contributed by atoms with van der Waals surface area (Å²) in [6.07, 6.45) is 3.67. The average molecular weight is 257 g/mol. The van der Waals surface area contributed by atoms with Crippen molar-refractivity contribution in [2.24, 2.45) is 5.92 Å². The molecule has 0 fully saturated rings. The fourth-order valence-electron chi connectivity index (χ4n) is 1.97. The van der Waals surface area contributed by atoms with E-state index in [2.05, 4.69) is 29.1 Å². The van der Waals surface area contributed by atoms with E-state index in [1.165, 1.54) is 6.20 Å². The average Bonchev–Trinajstić information content (AvgIpc) is 2.47. The predicted octanol–water partition coefficient (Wildman–Crippen LogP) is 2.80. The molecule has 4 nitrogen and oxygen atoms in total. The summed E-state index contributed by atoms with van der Waals surface area (Å²) in [5, 5.41) is 2.92. The fourth-order valence-corrected chi connectivity index (χ4v) is 1.97. The van der Waals surface area contributed by atoms with Crippen molar-refractivity contribution in [2.45, 2.75) is 26.7 Å². The number of rotatable bonds is 5. The van der Waals surface area contributed by atoms with Gasteiger partial charge in [-0.05, 0) is 18.1 Å². The van der Waals surface area contributed by atoms with Crippen molar-refractivity contribution in [3.8, 4) is 0 Å². The first-order valence-corrected chi connectivity index (χ1v) is 6.74. The smallest absolute Gasteiger partial charge is 0.271 e. The van der Waals surface area contributed by atoms with Crippen LogP contribution in [-0.2, 0) is 0 Å². The van der Waals surface area contributed by atoms with E-state index in [-0.39, 0.29) is 5.91 Å². The highest BCUT2D eigenvalue weighted by molar-refractivity contribution is 5.93. The van der Waals surface area contributed by atoms with E-state index in [0.29, 0.717) is 18.2 Å². The van der Waals surface area contributed by atoms with Crippen LogP contribution in [0, 0.1) is 5.92 Å². The van der Waals surface area contributed by atoms with Crippen LogP contribution >= 0.6 is 0 Å². The molecule has 0 aliphatic rings. The van der Waals surface area contributed by atoms with E-state index < -0.39 is 0 Å². The van der Waals surface area contributed by atoms with Crippen molar-refractivity contribution >= 4 is 16.9 Å². The Morgan fingerprint density at radius 1 is 1.21 bits per heavy atom. The van der Waals surface area contributed by atoms with Gasteiger partial charge in [0.1, 0.15) is 5.69 Å². The van der Waals surface area contributed by atoms with Crippen LogP contribution in [0.4, 0.5) is 0 Å². The van der Waals surface area contributed by atoms with E-state index >= 15 is 0 Å². The fraction of sp³-hybridized carbons (Fsp3) is 0.400. The highest BCUT2D eigenvalue weighted by Gasteiger charge is 2.10. The van der Waals surface area contributed by atoms with Crippen LogP contribution < -0.4 is 5.32 Å². The molecule has 19 heavy (non-hydrogen) atoms. The predicted molar refractivity (Wildman–Crippen MR) is 75.9 cm³/mol. The molecule has 0 saturated heterocycles. The third-order valence-electron chi connectivity index (χ3n) is 3.39. The maximum absolute atomic E-state index is 12.0. The van der Waals surface area contributed by atoms with E-state index in [0.717, 1.165) is 23.9 Å². The molecule has 0 atom stereocenters. The Morgan fingerprint density at radius 3 is 2.58 bits per heavy atom. The maximum atomic E-state index is 12.0. The Bertz CT molecular complexity index is 564. The lowest BCUT2D eigenvalue weighted by Gasteiger charge is -2.12. The molecule has 0 bridgehead atoms. The number of benzene rings is 1. The van der Waals surface area contributed by atoms with Gasteiger partial charge < -0.3 is 5.32 Å². The second kappa shape index (κ2) is 6.27. The van der Waals surface area contributed by atoms with Crippen molar-refractivity contribution < 1.29 is 4.79 Å². The molecule has 100 valence electrons. The van der Waals surface area contributed by atoms with E-state index in [9.17, 15) is 4.79 Å². The second-order valence-electron chi connectivity index (χ2n) is 4.64. The molecule has 0 radical (unpaired) electrons. The van der Waals surface area contributed by atoms with Gasteiger partial charge in [-0.15, -0.1) is 0 Å². The topological polar surface area (TPSA) is 54.9 Å². The van der Waals surface area contributed by atoms with Crippen molar-refractivity contribution in [3.05, 3.63) is 36.2 Å². The molecule has 1 aromatic heterocycles. The van der Waals surface area contributed by atoms with Crippen molar-refractivity contribution in [1.82, 2.24) is 15.3 Å². The number of hydrogen-bond donors (Lipinski definition) is 1. The van der Waals surface area contributed by atoms with Gasteiger partial charge in [-0.2, -0.15) is 0 Å². The summed E-state index contributed by atoms with van der Waals surface area (Å²) in [5.74, 6) is 0.377. The molecule has 1 amide bonds. The minimum Gasteiger partial charge on any atom is -0.350 e. The minimum absolute atomic E-state index is 0.148. The molecular formula is C15H19N3O. The molecule has 2 aromatic rings. The Labute approximate surface area is 113 Å². The van der Waals surface area contributed by atoms with Crippen LogP contribution in [0.25, 0.3) is 11.0 Å². The second-order valence-corrected chi connectivity index (χ2v) is 4.64. The zero-order valence-corrected chi connectivity index (χ0v) is 11.4. The van der Waals surface area contributed by atoms with Gasteiger partial charge in [0.05, 0.1) is 17.2 Å². The van der Waals surface area contributed by atoms with Gasteiger partial charge in [-0.3, -0.25) is 9.78 Å². The molecular weight excluding hydrogens is 238 g/mol. The van der Waals surface area contributed by atoms with Gasteiger partial charge in [0.15, 0.2) is 0 Å². The number of para-hydroxylation sites is 2. The van der Waals surface area contributed by atoms with E-state index in [1.54, 1.807) is 0 Å². The largest absolute Gasteiger partial charge is 0.350 e. The highest BCUT2D eigenvalue weighted by Crippen LogP contribution is 2.09. The Kier molecular flexibility index (Phi) is 4.44. The van der Waals surface area contributed by atoms with Crippen LogP contribution in [0.1, 0.15) is 37.2 Å². The standard InChI is InChI=1S/C15H19N3O/c1-3-11(4-2)9-17-15(19)14-10-16-12-7-5-6-8-13(12)18-14/h5-8,10-11H,3-4,9H2,1-2H3,(H,17,19). The maximum Gasteiger partial charge on any atom is 0.271 e. The summed E-state index contributed by atoms with van der Waals surface area (Å²) in [6.45, 7) is 4.96. The monoisotopic (exact) mass is 257 g/mol. The molecule has 4 heteroatoms. The lowest BCUT2D eigenvalue weighted by Crippen LogP contribution is -2.29. The third-order valence-corrected chi connectivity index (χ3v) is 3.39. The van der Waals surface area contributed by atoms with Crippen molar-refractivity contribution in [1.29, 1.82) is 0 Å². The number of nitrogens with one attached hydrogen (secondary N) is 1. The molecule has 1 aromatic carbocycles. The first-order chi connectivity index (χ1) is 9.24. The highest BCUT2D eigenvalue weighted by atomic mass is 16.1. The van der Waals surface area contributed by atoms with Crippen LogP contribution in [-0.4, -0.2) is 22.4 Å². The van der Waals surface area contributed by atoms with Crippen LogP contribution in [0.3, 0.4) is 0 Å². The SMILES string of the molecule is CCC(CC)CNC(=O)c1cnc2ccccc2n1. The number of aromatic nitrogens is 2. The quantitative estimate of drug-likeness (QED) is 0.896. The summed E-state index contributed by atoms with van der Waals surface area (Å²) in [5.41, 5.74) is 1.93. The summed E-state index contributed by atoms with van der Waals surface area (Å²) in [7, 11) is 0. The number of nitrogens with zero attached hydrogens (tertiary/aromatic N) is 2. The molecule has 0 aliphatic heterocycles. The summed E-state index contributed by atoms with van der Waals surface area (Å²) in [4.78, 5) is 20.6. The van der Waals surface area contributed by atoms with E-state index in [1.807, 2.05) is 24.3 Å². The molecule has 0 spiro atoms. The van der Waals surface area contributed by atoms with Gasteiger partial charge >= 0.3 is 0 Å².